The Morgan fingerprint density at radius 2 is 1.90 bits per heavy atom. The Morgan fingerprint density at radius 3 is 2.47 bits per heavy atom. The second kappa shape index (κ2) is 9.37. The van der Waals surface area contributed by atoms with E-state index in [0.29, 0.717) is 13.0 Å². The zero-order chi connectivity index (χ0) is 22.7. The van der Waals surface area contributed by atoms with Crippen LogP contribution in [0.15, 0.2) is 11.2 Å². The van der Waals surface area contributed by atoms with Gasteiger partial charge in [-0.15, -0.1) is 0 Å². The van der Waals surface area contributed by atoms with Crippen molar-refractivity contribution in [3.8, 4) is 0 Å². The molecule has 2 unspecified atom stereocenters. The van der Waals surface area contributed by atoms with Gasteiger partial charge in [0.15, 0.2) is 0 Å². The van der Waals surface area contributed by atoms with Crippen molar-refractivity contribution in [1.82, 2.24) is 9.27 Å². The molecule has 0 saturated heterocycles. The van der Waals surface area contributed by atoms with Crippen LogP contribution in [0.1, 0.15) is 93.1 Å². The molecule has 1 fully saturated rings. The molecule has 2 amide bonds. The van der Waals surface area contributed by atoms with Gasteiger partial charge >= 0.3 is 0 Å². The quantitative estimate of drug-likeness (QED) is 0.652. The molecule has 1 heterocycles. The molecule has 1 saturated carbocycles. The van der Waals surface area contributed by atoms with Crippen molar-refractivity contribution in [3.05, 3.63) is 16.4 Å². The fourth-order valence-corrected chi connectivity index (χ4v) is 5.30. The SMILES string of the molecule is CCCCc1cn(C(C)(C)C)s/c1=N\C(=O)C1(C)CCC(C(=O)NCCC)C1(C)C. The van der Waals surface area contributed by atoms with Gasteiger partial charge in [-0.2, -0.15) is 0 Å². The molecule has 1 aliphatic rings. The summed E-state index contributed by atoms with van der Waals surface area (Å²) in [4.78, 5) is 30.9. The number of rotatable bonds is 7. The van der Waals surface area contributed by atoms with Crippen LogP contribution in [0, 0.1) is 16.7 Å². The molecule has 0 spiro atoms. The molecule has 2 rings (SSSR count). The lowest BCUT2D eigenvalue weighted by Crippen LogP contribution is -2.45. The maximum Gasteiger partial charge on any atom is 0.253 e. The zero-order valence-electron chi connectivity index (χ0n) is 20.2. The summed E-state index contributed by atoms with van der Waals surface area (Å²) in [5, 5.41) is 3.03. The summed E-state index contributed by atoms with van der Waals surface area (Å²) in [6, 6.07) is 0. The predicted octanol–water partition coefficient (Wildman–Crippen LogP) is 5.04. The second-order valence-electron chi connectivity index (χ2n) is 10.5. The molecule has 0 radical (unpaired) electrons. The molecule has 0 bridgehead atoms. The van der Waals surface area contributed by atoms with Crippen molar-refractivity contribution in [3.63, 3.8) is 0 Å². The Kier molecular flexibility index (Phi) is 7.76. The number of carbonyl (C=O) groups is 2. The molecule has 30 heavy (non-hydrogen) atoms. The van der Waals surface area contributed by atoms with Gasteiger partial charge in [-0.05, 0) is 69.8 Å². The van der Waals surface area contributed by atoms with Gasteiger partial charge in [0.05, 0.1) is 5.41 Å². The number of carbonyl (C=O) groups excluding carboxylic acids is 2. The van der Waals surface area contributed by atoms with Gasteiger partial charge in [0, 0.05) is 29.8 Å². The van der Waals surface area contributed by atoms with Crippen LogP contribution < -0.4 is 9.99 Å². The maximum absolute atomic E-state index is 13.5. The highest BCUT2D eigenvalue weighted by atomic mass is 32.1. The monoisotopic (exact) mass is 435 g/mol. The molecule has 0 aromatic carbocycles. The number of unbranched alkanes of at least 4 members (excludes halogenated alkanes) is 1. The van der Waals surface area contributed by atoms with Gasteiger partial charge in [0.2, 0.25) is 5.91 Å². The van der Waals surface area contributed by atoms with Crippen molar-refractivity contribution in [2.75, 3.05) is 6.54 Å². The van der Waals surface area contributed by atoms with Crippen molar-refractivity contribution in [1.29, 1.82) is 0 Å². The number of aryl methyl sites for hydroxylation is 1. The molecule has 0 aliphatic heterocycles. The van der Waals surface area contributed by atoms with E-state index in [2.05, 4.69) is 62.0 Å². The maximum atomic E-state index is 13.5. The van der Waals surface area contributed by atoms with E-state index in [4.69, 9.17) is 0 Å². The molecule has 1 aromatic heterocycles. The first-order chi connectivity index (χ1) is 13.9. The summed E-state index contributed by atoms with van der Waals surface area (Å²) in [7, 11) is 0. The summed E-state index contributed by atoms with van der Waals surface area (Å²) in [6.07, 6.45) is 7.63. The Labute approximate surface area is 186 Å². The van der Waals surface area contributed by atoms with Crippen LogP contribution in [0.5, 0.6) is 0 Å². The molecular weight excluding hydrogens is 394 g/mol. The molecule has 1 aliphatic carbocycles. The Bertz CT molecular complexity index is 828. The summed E-state index contributed by atoms with van der Waals surface area (Å²) in [5.41, 5.74) is 0.0368. The number of hydrogen-bond donors (Lipinski definition) is 1. The molecular formula is C24H41N3O2S. The average Bonchev–Trinajstić information content (AvgIpc) is 3.17. The normalized spacial score (nSPS) is 24.3. The van der Waals surface area contributed by atoms with Crippen molar-refractivity contribution in [2.24, 2.45) is 21.7 Å². The molecule has 2 atom stereocenters. The second-order valence-corrected chi connectivity index (χ2v) is 11.5. The summed E-state index contributed by atoms with van der Waals surface area (Å²) < 4.78 is 3.03. The fourth-order valence-electron chi connectivity index (χ4n) is 4.27. The Hall–Kier alpha value is -1.43. The van der Waals surface area contributed by atoms with Crippen LogP contribution in [-0.4, -0.2) is 22.3 Å². The lowest BCUT2D eigenvalue weighted by molar-refractivity contribution is -0.136. The topological polar surface area (TPSA) is 63.5 Å². The predicted molar refractivity (Wildman–Crippen MR) is 124 cm³/mol. The van der Waals surface area contributed by atoms with Crippen LogP contribution in [0.3, 0.4) is 0 Å². The third kappa shape index (κ3) is 4.90. The molecule has 1 aromatic rings. The van der Waals surface area contributed by atoms with Crippen molar-refractivity contribution in [2.45, 2.75) is 99.5 Å². The van der Waals surface area contributed by atoms with E-state index in [1.165, 1.54) is 0 Å². The zero-order valence-corrected chi connectivity index (χ0v) is 21.0. The van der Waals surface area contributed by atoms with Crippen molar-refractivity contribution >= 4 is 23.3 Å². The minimum Gasteiger partial charge on any atom is -0.356 e. The Balaban J connectivity index is 2.39. The lowest BCUT2D eigenvalue weighted by atomic mass is 9.65. The van der Waals surface area contributed by atoms with Crippen LogP contribution >= 0.6 is 11.5 Å². The average molecular weight is 436 g/mol. The van der Waals surface area contributed by atoms with Gasteiger partial charge in [0.25, 0.3) is 5.91 Å². The minimum atomic E-state index is -0.639. The number of amides is 2. The summed E-state index contributed by atoms with van der Waals surface area (Å²) in [5.74, 6) is -0.168. The van der Waals surface area contributed by atoms with E-state index >= 15 is 0 Å². The third-order valence-electron chi connectivity index (χ3n) is 6.96. The molecule has 1 N–H and O–H groups in total. The van der Waals surface area contributed by atoms with E-state index in [1.807, 2.05) is 13.8 Å². The van der Waals surface area contributed by atoms with Gasteiger partial charge in [-0.3, -0.25) is 13.5 Å². The van der Waals surface area contributed by atoms with Crippen LogP contribution in [-0.2, 0) is 21.5 Å². The first kappa shape index (κ1) is 24.8. The van der Waals surface area contributed by atoms with E-state index in [-0.39, 0.29) is 23.3 Å². The highest BCUT2D eigenvalue weighted by Crippen LogP contribution is 2.56. The van der Waals surface area contributed by atoms with Crippen LogP contribution in [0.4, 0.5) is 0 Å². The highest BCUT2D eigenvalue weighted by molar-refractivity contribution is 7.04. The molecule has 6 heteroatoms. The number of nitrogens with zero attached hydrogens (tertiary/aromatic N) is 2. The number of nitrogens with one attached hydrogen (secondary N) is 1. The lowest BCUT2D eigenvalue weighted by Gasteiger charge is -2.38. The van der Waals surface area contributed by atoms with E-state index in [1.54, 1.807) is 11.5 Å². The highest BCUT2D eigenvalue weighted by Gasteiger charge is 2.57. The van der Waals surface area contributed by atoms with Crippen molar-refractivity contribution < 1.29 is 9.59 Å². The van der Waals surface area contributed by atoms with Gasteiger partial charge in [-0.1, -0.05) is 41.0 Å². The summed E-state index contributed by atoms with van der Waals surface area (Å²) >= 11 is 1.57. The van der Waals surface area contributed by atoms with Crippen LogP contribution in [0.2, 0.25) is 0 Å². The minimum absolute atomic E-state index is 0.0402. The molecule has 5 nitrogen and oxygen atoms in total. The number of aromatic nitrogens is 1. The number of hydrogen-bond acceptors (Lipinski definition) is 3. The summed E-state index contributed by atoms with van der Waals surface area (Å²) in [6.45, 7) is 17.5. The first-order valence-electron chi connectivity index (χ1n) is 11.5. The first-order valence-corrected chi connectivity index (χ1v) is 12.2. The van der Waals surface area contributed by atoms with Gasteiger partial charge in [0.1, 0.15) is 4.67 Å². The van der Waals surface area contributed by atoms with Gasteiger partial charge < -0.3 is 5.32 Å². The fraction of sp³-hybridized carbons (Fsp3) is 0.792. The third-order valence-corrected chi connectivity index (χ3v) is 8.34. The Morgan fingerprint density at radius 1 is 1.23 bits per heavy atom. The smallest absolute Gasteiger partial charge is 0.253 e. The van der Waals surface area contributed by atoms with E-state index in [0.717, 1.165) is 42.3 Å². The van der Waals surface area contributed by atoms with Gasteiger partial charge in [-0.25, -0.2) is 4.99 Å². The standard InChI is InChI=1S/C24H41N3O2S/c1-9-11-12-17-16-27(22(3,4)5)30-20(17)26-21(29)24(8)14-13-18(23(24,6)7)19(28)25-15-10-2/h16,18H,9-15H2,1-8H3,(H,25,28)/b26-20-. The van der Waals surface area contributed by atoms with E-state index < -0.39 is 10.8 Å². The van der Waals surface area contributed by atoms with E-state index in [9.17, 15) is 9.59 Å². The van der Waals surface area contributed by atoms with Crippen LogP contribution in [0.25, 0.3) is 0 Å². The molecule has 170 valence electrons. The largest absolute Gasteiger partial charge is 0.356 e.